The molecule has 1 aromatic rings. The van der Waals surface area contributed by atoms with Gasteiger partial charge in [0.15, 0.2) is 0 Å². The molecule has 0 atom stereocenters. The van der Waals surface area contributed by atoms with E-state index in [9.17, 15) is 9.59 Å². The van der Waals surface area contributed by atoms with Gasteiger partial charge >= 0.3 is 6.09 Å². The number of rotatable bonds is 2. The minimum atomic E-state index is -0.487. The number of carbonyl (C=O) groups is 2. The first kappa shape index (κ1) is 17.8. The lowest BCUT2D eigenvalue weighted by atomic mass is 10.0. The second-order valence-electron chi connectivity index (χ2n) is 7.05. The summed E-state index contributed by atoms with van der Waals surface area (Å²) in [6.07, 6.45) is 1.27. The van der Waals surface area contributed by atoms with Crippen molar-refractivity contribution in [1.82, 2.24) is 9.80 Å². The van der Waals surface area contributed by atoms with E-state index in [2.05, 4.69) is 0 Å². The van der Waals surface area contributed by atoms with Gasteiger partial charge in [-0.05, 0) is 57.5 Å². The molecule has 0 radical (unpaired) electrons. The molecule has 23 heavy (non-hydrogen) atoms. The second kappa shape index (κ2) is 6.91. The Morgan fingerprint density at radius 3 is 2.39 bits per heavy atom. The summed E-state index contributed by atoms with van der Waals surface area (Å²) < 4.78 is 5.41. The molecule has 6 heteroatoms. The van der Waals surface area contributed by atoms with Crippen molar-refractivity contribution in [1.29, 1.82) is 0 Å². The van der Waals surface area contributed by atoms with Crippen LogP contribution in [0.2, 0.25) is 0 Å². The normalized spacial score (nSPS) is 16.3. The zero-order valence-electron chi connectivity index (χ0n) is 14.6. The molecule has 0 aliphatic carbocycles. The number of amides is 2. The lowest BCUT2D eigenvalue weighted by molar-refractivity contribution is 0.0156. The van der Waals surface area contributed by atoms with Crippen LogP contribution in [0, 0.1) is 6.92 Å². The number of aryl methyl sites for hydroxylation is 1. The van der Waals surface area contributed by atoms with Gasteiger partial charge in [0, 0.05) is 26.2 Å². The van der Waals surface area contributed by atoms with E-state index >= 15 is 0 Å². The first-order chi connectivity index (χ1) is 10.7. The lowest BCUT2D eigenvalue weighted by Crippen LogP contribution is -2.48. The van der Waals surface area contributed by atoms with E-state index in [1.165, 1.54) is 11.3 Å². The zero-order valence-corrected chi connectivity index (χ0v) is 15.4. The molecule has 0 bridgehead atoms. The Kier molecular flexibility index (Phi) is 5.34. The fourth-order valence-corrected chi connectivity index (χ4v) is 3.57. The molecule has 0 unspecified atom stereocenters. The van der Waals surface area contributed by atoms with Crippen LogP contribution < -0.4 is 0 Å². The van der Waals surface area contributed by atoms with Crippen molar-refractivity contribution in [3.63, 3.8) is 0 Å². The number of carbonyl (C=O) groups excluding carboxylic acids is 2. The maximum Gasteiger partial charge on any atom is 0.410 e. The quantitative estimate of drug-likeness (QED) is 0.829. The number of thiophene rings is 1. The molecule has 2 heterocycles. The summed E-state index contributed by atoms with van der Waals surface area (Å²) in [5.41, 5.74) is 0.548. The molecule has 0 saturated carbocycles. The van der Waals surface area contributed by atoms with E-state index in [0.717, 1.165) is 23.3 Å². The van der Waals surface area contributed by atoms with E-state index in [0.29, 0.717) is 13.1 Å². The fraction of sp³-hybridized carbons (Fsp3) is 0.647. The molecular formula is C17H26N2O3S. The molecule has 2 amide bonds. The fourth-order valence-electron chi connectivity index (χ4n) is 2.67. The van der Waals surface area contributed by atoms with E-state index < -0.39 is 5.60 Å². The SMILES string of the molecule is Cc1ccsc1C(=O)N1CCC(N(C)C(=O)OC(C)(C)C)CC1. The van der Waals surface area contributed by atoms with Crippen LogP contribution in [0.4, 0.5) is 4.79 Å². The molecule has 0 aromatic carbocycles. The molecule has 1 saturated heterocycles. The molecule has 1 aromatic heterocycles. The van der Waals surface area contributed by atoms with Crippen LogP contribution in [0.15, 0.2) is 11.4 Å². The van der Waals surface area contributed by atoms with Crippen molar-refractivity contribution in [3.8, 4) is 0 Å². The van der Waals surface area contributed by atoms with Crippen molar-refractivity contribution in [3.05, 3.63) is 21.9 Å². The van der Waals surface area contributed by atoms with Gasteiger partial charge in [0.05, 0.1) is 4.88 Å². The average molecular weight is 338 g/mol. The third kappa shape index (κ3) is 4.47. The third-order valence-electron chi connectivity index (χ3n) is 4.04. The average Bonchev–Trinajstić information content (AvgIpc) is 2.90. The zero-order chi connectivity index (χ0) is 17.2. The van der Waals surface area contributed by atoms with Crippen LogP contribution in [-0.4, -0.2) is 53.6 Å². The number of piperidine rings is 1. The molecule has 2 rings (SSSR count). The Morgan fingerprint density at radius 2 is 1.91 bits per heavy atom. The second-order valence-corrected chi connectivity index (χ2v) is 7.96. The highest BCUT2D eigenvalue weighted by Crippen LogP contribution is 2.23. The van der Waals surface area contributed by atoms with E-state index in [1.54, 1.807) is 11.9 Å². The van der Waals surface area contributed by atoms with Gasteiger partial charge in [0.2, 0.25) is 0 Å². The number of ether oxygens (including phenoxy) is 1. The van der Waals surface area contributed by atoms with Crippen LogP contribution in [0.3, 0.4) is 0 Å². The Morgan fingerprint density at radius 1 is 1.30 bits per heavy atom. The summed E-state index contributed by atoms with van der Waals surface area (Å²) in [7, 11) is 1.78. The van der Waals surface area contributed by atoms with Gasteiger partial charge in [-0.1, -0.05) is 0 Å². The van der Waals surface area contributed by atoms with Gasteiger partial charge in [-0.25, -0.2) is 4.79 Å². The molecule has 1 fully saturated rings. The molecule has 1 aliphatic heterocycles. The van der Waals surface area contributed by atoms with Gasteiger partial charge in [0.25, 0.3) is 5.91 Å². The monoisotopic (exact) mass is 338 g/mol. The highest BCUT2D eigenvalue weighted by Gasteiger charge is 2.30. The summed E-state index contributed by atoms with van der Waals surface area (Å²) >= 11 is 1.49. The highest BCUT2D eigenvalue weighted by molar-refractivity contribution is 7.12. The first-order valence-electron chi connectivity index (χ1n) is 7.98. The molecule has 128 valence electrons. The molecule has 1 aliphatic rings. The lowest BCUT2D eigenvalue weighted by Gasteiger charge is -2.37. The standard InChI is InChI=1S/C17H26N2O3S/c1-12-8-11-23-14(12)15(20)19-9-6-13(7-10-19)18(5)16(21)22-17(2,3)4/h8,11,13H,6-7,9-10H2,1-5H3. The van der Waals surface area contributed by atoms with Crippen molar-refractivity contribution < 1.29 is 14.3 Å². The van der Waals surface area contributed by atoms with Gasteiger partial charge in [-0.3, -0.25) is 4.79 Å². The summed E-state index contributed by atoms with van der Waals surface area (Å²) in [6.45, 7) is 8.91. The largest absolute Gasteiger partial charge is 0.444 e. The molecule has 0 N–H and O–H groups in total. The van der Waals surface area contributed by atoms with Crippen LogP contribution in [0.1, 0.15) is 48.8 Å². The van der Waals surface area contributed by atoms with Crippen molar-refractivity contribution in [2.24, 2.45) is 0 Å². The number of likely N-dealkylation sites (tertiary alicyclic amines) is 1. The molecular weight excluding hydrogens is 312 g/mol. The van der Waals surface area contributed by atoms with Gasteiger partial charge in [0.1, 0.15) is 5.60 Å². The minimum Gasteiger partial charge on any atom is -0.444 e. The van der Waals surface area contributed by atoms with E-state index in [4.69, 9.17) is 4.74 Å². The maximum absolute atomic E-state index is 12.5. The number of hydrogen-bond acceptors (Lipinski definition) is 4. The first-order valence-corrected chi connectivity index (χ1v) is 8.86. The number of nitrogens with zero attached hydrogens (tertiary/aromatic N) is 2. The van der Waals surface area contributed by atoms with Gasteiger partial charge in [-0.2, -0.15) is 0 Å². The van der Waals surface area contributed by atoms with Crippen LogP contribution >= 0.6 is 11.3 Å². The Bertz CT molecular complexity index is 569. The van der Waals surface area contributed by atoms with E-state index in [-0.39, 0.29) is 18.0 Å². The topological polar surface area (TPSA) is 49.9 Å². The summed E-state index contributed by atoms with van der Waals surface area (Å²) in [5.74, 6) is 0.107. The maximum atomic E-state index is 12.5. The Labute approximate surface area is 142 Å². The van der Waals surface area contributed by atoms with Gasteiger partial charge in [-0.15, -0.1) is 11.3 Å². The predicted molar refractivity (Wildman–Crippen MR) is 92.0 cm³/mol. The molecule has 5 nitrogen and oxygen atoms in total. The Hall–Kier alpha value is -1.56. The predicted octanol–water partition coefficient (Wildman–Crippen LogP) is 3.53. The molecule has 0 spiro atoms. The third-order valence-corrected chi connectivity index (χ3v) is 5.04. The minimum absolute atomic E-state index is 0.107. The summed E-state index contributed by atoms with van der Waals surface area (Å²) in [4.78, 5) is 29.0. The van der Waals surface area contributed by atoms with Gasteiger partial charge < -0.3 is 14.5 Å². The van der Waals surface area contributed by atoms with E-state index in [1.807, 2.05) is 44.0 Å². The Balaban J connectivity index is 1.90. The smallest absolute Gasteiger partial charge is 0.410 e. The number of hydrogen-bond donors (Lipinski definition) is 0. The summed E-state index contributed by atoms with van der Waals surface area (Å²) in [6, 6.07) is 2.10. The van der Waals surface area contributed by atoms with Crippen molar-refractivity contribution in [2.45, 2.75) is 52.2 Å². The van der Waals surface area contributed by atoms with Crippen molar-refractivity contribution >= 4 is 23.3 Å². The van der Waals surface area contributed by atoms with Crippen molar-refractivity contribution in [2.75, 3.05) is 20.1 Å². The van der Waals surface area contributed by atoms with Crippen LogP contribution in [0.25, 0.3) is 0 Å². The highest BCUT2D eigenvalue weighted by atomic mass is 32.1. The van der Waals surface area contributed by atoms with Crippen LogP contribution in [-0.2, 0) is 4.74 Å². The summed E-state index contributed by atoms with van der Waals surface area (Å²) in [5, 5.41) is 1.95. The van der Waals surface area contributed by atoms with Crippen LogP contribution in [0.5, 0.6) is 0 Å².